The van der Waals surface area contributed by atoms with Gasteiger partial charge < -0.3 is 57.9 Å². The summed E-state index contributed by atoms with van der Waals surface area (Å²) in [6.07, 6.45) is 11.9. The van der Waals surface area contributed by atoms with Gasteiger partial charge in [0.1, 0.15) is 30.3 Å². The first-order valence-corrected chi connectivity index (χ1v) is 27.4. The molecule has 2 aliphatic rings. The number of nitrogens with one attached hydrogen (secondary N) is 6. The number of anilines is 3. The van der Waals surface area contributed by atoms with E-state index in [9.17, 15) is 33.6 Å². The Bertz CT molecular complexity index is 2520. The van der Waals surface area contributed by atoms with E-state index in [-0.39, 0.29) is 55.7 Å². The van der Waals surface area contributed by atoms with Crippen molar-refractivity contribution in [3.63, 3.8) is 0 Å². The number of nitrogens with two attached hydrogens (primary N) is 2. The smallest absolute Gasteiger partial charge is 0.407 e. The summed E-state index contributed by atoms with van der Waals surface area (Å²) in [4.78, 5) is 104. The maximum absolute atomic E-state index is 13.6. The zero-order chi connectivity index (χ0) is 55.9. The number of aromatic nitrogens is 1. The summed E-state index contributed by atoms with van der Waals surface area (Å²) in [6.45, 7) is 14.9. The van der Waals surface area contributed by atoms with E-state index in [4.69, 9.17) is 16.2 Å². The van der Waals surface area contributed by atoms with Crippen molar-refractivity contribution in [2.24, 2.45) is 28.3 Å². The molecule has 8 amide bonds. The minimum atomic E-state index is -0.984. The minimum Gasteiger partial charge on any atom is -0.445 e. The maximum atomic E-state index is 13.6. The van der Waals surface area contributed by atoms with Gasteiger partial charge in [0.25, 0.3) is 5.91 Å². The van der Waals surface area contributed by atoms with E-state index in [1.165, 1.54) is 0 Å². The molecule has 10 N–H and O–H groups in total. The summed E-state index contributed by atoms with van der Waals surface area (Å²) < 4.78 is 5.54. The number of ether oxygens (including phenoxy) is 1. The predicted octanol–water partition coefficient (Wildman–Crippen LogP) is 7.66. The van der Waals surface area contributed by atoms with Crippen molar-refractivity contribution in [2.45, 2.75) is 150 Å². The van der Waals surface area contributed by atoms with Crippen LogP contribution in [0, 0.1) is 11.8 Å². The van der Waals surface area contributed by atoms with Crippen LogP contribution in [0.2, 0.25) is 0 Å². The molecule has 2 unspecified atom stereocenters. The quantitative estimate of drug-likeness (QED) is 0.0327. The van der Waals surface area contributed by atoms with E-state index < -0.39 is 36.0 Å². The van der Waals surface area contributed by atoms with Crippen molar-refractivity contribution >= 4 is 76.5 Å². The van der Waals surface area contributed by atoms with Crippen LogP contribution >= 0.6 is 0 Å². The molecule has 20 heteroatoms. The van der Waals surface area contributed by atoms with Gasteiger partial charge in [0, 0.05) is 74.0 Å². The van der Waals surface area contributed by atoms with Gasteiger partial charge in [-0.1, -0.05) is 85.4 Å². The number of benzene rings is 2. The molecule has 3 heterocycles. The number of urea groups is 1. The van der Waals surface area contributed by atoms with Gasteiger partial charge in [-0.2, -0.15) is 0 Å². The fourth-order valence-electron chi connectivity index (χ4n) is 9.12. The van der Waals surface area contributed by atoms with Crippen LogP contribution in [0.3, 0.4) is 0 Å². The highest BCUT2D eigenvalue weighted by atomic mass is 16.5. The number of alkyl carbamates (subject to hydrolysis) is 1. The first-order valence-electron chi connectivity index (χ1n) is 27.4. The third kappa shape index (κ3) is 20.2. The number of hydrogen-bond acceptors (Lipinski definition) is 12. The monoisotopic (exact) mass is 1060 g/mol. The number of carbonyl (C=O) groups excluding carboxylic acids is 7. The highest BCUT2D eigenvalue weighted by Gasteiger charge is 2.29. The van der Waals surface area contributed by atoms with Gasteiger partial charge in [-0.05, 0) is 105 Å². The van der Waals surface area contributed by atoms with E-state index in [0.29, 0.717) is 103 Å². The first-order chi connectivity index (χ1) is 36.9. The number of piperidine rings is 1. The van der Waals surface area contributed by atoms with E-state index in [0.717, 1.165) is 50.8 Å². The lowest BCUT2D eigenvalue weighted by molar-refractivity contribution is -0.132. The van der Waals surface area contributed by atoms with Crippen LogP contribution in [0.5, 0.6) is 0 Å². The first kappa shape index (κ1) is 60.4. The number of nitrogens with zero attached hydrogens (tertiary/aromatic N) is 4. The number of carbonyl (C=O) groups is 7. The molecule has 5 rings (SSSR count). The molecule has 2 aliphatic heterocycles. The molecule has 20 nitrogen and oxygen atoms in total. The zero-order valence-corrected chi connectivity index (χ0v) is 45.9. The van der Waals surface area contributed by atoms with Crippen LogP contribution in [0.15, 0.2) is 71.4 Å². The number of rotatable bonds is 28. The van der Waals surface area contributed by atoms with Gasteiger partial charge in [-0.3, -0.25) is 24.0 Å². The molecule has 2 atom stereocenters. The Morgan fingerprint density at radius 3 is 2.16 bits per heavy atom. The van der Waals surface area contributed by atoms with Gasteiger partial charge in [-0.15, -0.1) is 0 Å². The Morgan fingerprint density at radius 1 is 0.805 bits per heavy atom. The van der Waals surface area contributed by atoms with Crippen molar-refractivity contribution in [1.82, 2.24) is 31.2 Å². The van der Waals surface area contributed by atoms with Gasteiger partial charge in [0.2, 0.25) is 23.6 Å². The van der Waals surface area contributed by atoms with E-state index in [1.54, 1.807) is 54.7 Å². The molecule has 0 saturated carbocycles. The van der Waals surface area contributed by atoms with E-state index >= 15 is 0 Å². The number of fused-ring (bicyclic) bond motifs is 1. The standard InChI is InChI=1S/C57H82N12O8/c1-7-28-69(29-8-2)55(74)42-32-40-19-20-41(33-47(40)65-48(58)34-42)52(71)63-45-23-24-49(61-35-45)68-30-25-44(26-31-68)64-57(76)77-36-39-17-21-43(22-18-39)62-53(72)46(15-13-27-60-56(59)75)66-54(73)51(38(5)6)67-50(70)16-12-10-9-11-14-37(3)4/h17-24,32-33,35,37-38,44,46,51H,7-16,25-31,34,36H2,1-6H3,(H2,58,65)(H,62,72)(H,63,71)(H,64,76)(H,66,73)(H,67,70)(H3,59,60,75). The second-order valence-corrected chi connectivity index (χ2v) is 20.7. The normalized spacial score (nSPS) is 14.2. The fraction of sp³-hybridized carbons (Fsp3) is 0.526. The summed E-state index contributed by atoms with van der Waals surface area (Å²) in [7, 11) is 0. The van der Waals surface area contributed by atoms with Crippen LogP contribution in [0.25, 0.3) is 6.08 Å². The second kappa shape index (κ2) is 30.9. The SMILES string of the molecule is CCCN(CCC)C(=O)C1=Cc2ccc(C(=O)Nc3ccc(N4CCC(NC(=O)OCc5ccc(NC(=O)C(CCCNC(N)=O)NC(=O)C(NC(=O)CCCCCCC(C)C)C(C)C)cc5)CC4)nc3)cc2N=C(N)C1. The molecule has 3 aromatic rings. The summed E-state index contributed by atoms with van der Waals surface area (Å²) in [5.74, 6) is -0.138. The highest BCUT2D eigenvalue weighted by molar-refractivity contribution is 6.08. The molecule has 1 aromatic heterocycles. The average Bonchev–Trinajstić information content (AvgIpc) is 3.57. The fourth-order valence-corrected chi connectivity index (χ4v) is 9.12. The lowest BCUT2D eigenvalue weighted by Gasteiger charge is -2.33. The number of amides is 8. The van der Waals surface area contributed by atoms with Crippen molar-refractivity contribution < 1.29 is 38.3 Å². The molecule has 0 radical (unpaired) electrons. The Labute approximate surface area is 453 Å². The van der Waals surface area contributed by atoms with Crippen molar-refractivity contribution in [3.05, 3.63) is 83.1 Å². The van der Waals surface area contributed by atoms with Crippen LogP contribution in [-0.2, 0) is 30.5 Å². The van der Waals surface area contributed by atoms with Gasteiger partial charge >= 0.3 is 12.1 Å². The molecular weight excluding hydrogens is 981 g/mol. The Hall–Kier alpha value is -7.51. The lowest BCUT2D eigenvalue weighted by Crippen LogP contribution is -2.54. The molecular formula is C57H82N12O8. The lowest BCUT2D eigenvalue weighted by atomic mass is 10.0. The van der Waals surface area contributed by atoms with Crippen molar-refractivity contribution in [1.29, 1.82) is 0 Å². The zero-order valence-electron chi connectivity index (χ0n) is 45.9. The summed E-state index contributed by atoms with van der Waals surface area (Å²) >= 11 is 0. The number of aliphatic imine (C=N–C) groups is 1. The van der Waals surface area contributed by atoms with Crippen LogP contribution in [-0.4, -0.2) is 108 Å². The largest absolute Gasteiger partial charge is 0.445 e. The molecule has 77 heavy (non-hydrogen) atoms. The minimum absolute atomic E-state index is 0.00949. The van der Waals surface area contributed by atoms with Crippen LogP contribution < -0.4 is 48.3 Å². The summed E-state index contributed by atoms with van der Waals surface area (Å²) in [5, 5.41) is 16.9. The Morgan fingerprint density at radius 2 is 1.51 bits per heavy atom. The van der Waals surface area contributed by atoms with Gasteiger partial charge in [0.15, 0.2) is 0 Å². The third-order valence-electron chi connectivity index (χ3n) is 13.3. The van der Waals surface area contributed by atoms with Crippen molar-refractivity contribution in [2.75, 3.05) is 48.3 Å². The summed E-state index contributed by atoms with van der Waals surface area (Å²) in [5.41, 5.74) is 15.3. The van der Waals surface area contributed by atoms with Crippen molar-refractivity contribution in [3.8, 4) is 0 Å². The number of pyridine rings is 1. The number of hydrogen-bond donors (Lipinski definition) is 8. The third-order valence-corrected chi connectivity index (χ3v) is 13.3. The topological polar surface area (TPSA) is 285 Å². The molecule has 0 bridgehead atoms. The number of primary amides is 1. The summed E-state index contributed by atoms with van der Waals surface area (Å²) in [6, 6.07) is 12.9. The Kier molecular flexibility index (Phi) is 24.2. The molecule has 1 fully saturated rings. The molecule has 0 spiro atoms. The predicted molar refractivity (Wildman–Crippen MR) is 301 cm³/mol. The molecule has 0 aliphatic carbocycles. The highest BCUT2D eigenvalue weighted by Crippen LogP contribution is 2.29. The van der Waals surface area contributed by atoms with Gasteiger partial charge in [0.05, 0.1) is 17.6 Å². The number of amidine groups is 1. The number of unbranched alkanes of at least 4 members (excludes halogenated alkanes) is 3. The average molecular weight is 1060 g/mol. The second-order valence-electron chi connectivity index (χ2n) is 20.7. The molecule has 2 aromatic carbocycles. The van der Waals surface area contributed by atoms with E-state index in [2.05, 4.69) is 60.6 Å². The molecule has 1 saturated heterocycles. The van der Waals surface area contributed by atoms with Gasteiger partial charge in [-0.25, -0.2) is 19.6 Å². The Balaban J connectivity index is 1.05. The van der Waals surface area contributed by atoms with Crippen LogP contribution in [0.4, 0.5) is 32.5 Å². The van der Waals surface area contributed by atoms with E-state index in [1.807, 2.05) is 44.7 Å². The van der Waals surface area contributed by atoms with Crippen LogP contribution in [0.1, 0.15) is 146 Å². The molecule has 418 valence electrons. The maximum Gasteiger partial charge on any atom is 0.407 e.